The van der Waals surface area contributed by atoms with Crippen molar-refractivity contribution in [2.45, 2.75) is 24.3 Å². The number of anilines is 3. The van der Waals surface area contributed by atoms with E-state index in [9.17, 15) is 8.42 Å². The molecule has 1 atom stereocenters. The fourth-order valence-corrected chi connectivity index (χ4v) is 4.68. The van der Waals surface area contributed by atoms with Crippen molar-refractivity contribution in [2.75, 3.05) is 16.7 Å². The normalized spacial score (nSPS) is 15.9. The fraction of sp³-hybridized carbons (Fsp3) is 0.182. The van der Waals surface area contributed by atoms with Crippen molar-refractivity contribution in [2.24, 2.45) is 0 Å². The predicted molar refractivity (Wildman–Crippen MR) is 112 cm³/mol. The Morgan fingerprint density at radius 2 is 1.64 bits per heavy atom. The number of hydrogen-bond acceptors (Lipinski definition) is 4. The van der Waals surface area contributed by atoms with Crippen LogP contribution in [-0.2, 0) is 16.4 Å². The van der Waals surface area contributed by atoms with Gasteiger partial charge in [-0.1, -0.05) is 18.2 Å². The molecule has 3 aromatic rings. The minimum absolute atomic E-state index is 0.194. The van der Waals surface area contributed by atoms with E-state index in [0.717, 1.165) is 12.1 Å². The number of nitrogens with one attached hydrogen (secondary N) is 1. The predicted octanol–water partition coefficient (Wildman–Crippen LogP) is 4.58. The van der Waals surface area contributed by atoms with Crippen LogP contribution in [0.3, 0.4) is 0 Å². The monoisotopic (exact) mass is 394 g/mol. The van der Waals surface area contributed by atoms with Crippen molar-refractivity contribution in [3.8, 4) is 5.75 Å². The van der Waals surface area contributed by atoms with Gasteiger partial charge in [0.05, 0.1) is 12.0 Å². The molecule has 1 N–H and O–H groups in total. The second-order valence-corrected chi connectivity index (χ2v) is 8.56. The molecule has 5 nitrogen and oxygen atoms in total. The van der Waals surface area contributed by atoms with E-state index in [1.165, 1.54) is 23.4 Å². The summed E-state index contributed by atoms with van der Waals surface area (Å²) in [7, 11) is -2.10. The van der Waals surface area contributed by atoms with E-state index in [1.54, 1.807) is 31.4 Å². The summed E-state index contributed by atoms with van der Waals surface area (Å²) in [6, 6.07) is 22.5. The molecule has 1 aliphatic heterocycles. The highest BCUT2D eigenvalue weighted by atomic mass is 32.2. The average molecular weight is 394 g/mol. The zero-order valence-electron chi connectivity index (χ0n) is 15.8. The van der Waals surface area contributed by atoms with Crippen LogP contribution in [0.4, 0.5) is 17.1 Å². The summed E-state index contributed by atoms with van der Waals surface area (Å²) >= 11 is 0. The second-order valence-electron chi connectivity index (χ2n) is 6.88. The van der Waals surface area contributed by atoms with E-state index < -0.39 is 10.0 Å². The van der Waals surface area contributed by atoms with Gasteiger partial charge >= 0.3 is 0 Å². The molecular formula is C22H22N2O3S. The molecule has 0 spiro atoms. The molecule has 0 amide bonds. The van der Waals surface area contributed by atoms with E-state index in [1.807, 2.05) is 18.2 Å². The third kappa shape index (κ3) is 3.43. The number of nitrogens with zero attached hydrogens (tertiary/aromatic N) is 1. The molecule has 0 aliphatic carbocycles. The van der Waals surface area contributed by atoms with Crippen molar-refractivity contribution in [3.05, 3.63) is 78.4 Å². The molecule has 0 saturated carbocycles. The summed E-state index contributed by atoms with van der Waals surface area (Å²) in [4.78, 5) is 2.48. The molecular weight excluding hydrogens is 372 g/mol. The first-order chi connectivity index (χ1) is 13.5. The smallest absolute Gasteiger partial charge is 0.261 e. The first-order valence-electron chi connectivity index (χ1n) is 9.12. The van der Waals surface area contributed by atoms with Gasteiger partial charge < -0.3 is 9.64 Å². The van der Waals surface area contributed by atoms with Gasteiger partial charge in [0.15, 0.2) is 0 Å². The van der Waals surface area contributed by atoms with Gasteiger partial charge in [0.1, 0.15) is 5.75 Å². The second kappa shape index (κ2) is 7.20. The van der Waals surface area contributed by atoms with E-state index in [0.29, 0.717) is 17.5 Å². The lowest BCUT2D eigenvalue weighted by molar-refractivity contribution is 0.414. The Labute approximate surface area is 165 Å². The average Bonchev–Trinajstić information content (AvgIpc) is 3.04. The molecule has 0 aromatic heterocycles. The number of hydrogen-bond donors (Lipinski definition) is 1. The minimum atomic E-state index is -3.65. The number of para-hydroxylation sites is 1. The van der Waals surface area contributed by atoms with Gasteiger partial charge in [0.2, 0.25) is 0 Å². The van der Waals surface area contributed by atoms with Gasteiger partial charge in [-0.05, 0) is 73.5 Å². The summed E-state index contributed by atoms with van der Waals surface area (Å²) < 4.78 is 32.9. The highest BCUT2D eigenvalue weighted by Gasteiger charge is 2.26. The standard InChI is InChI=1S/C22H22N2O3S/c1-16-15-17-5-3-4-6-22(17)24(16)19-9-7-18(8-10-19)23-28(25,26)21-13-11-20(27-2)12-14-21/h3-14,16,23H,15H2,1-2H3. The number of ether oxygens (including phenoxy) is 1. The Balaban J connectivity index is 1.55. The molecule has 4 rings (SSSR count). The van der Waals surface area contributed by atoms with Crippen molar-refractivity contribution < 1.29 is 13.2 Å². The van der Waals surface area contributed by atoms with Crippen LogP contribution in [-0.4, -0.2) is 21.6 Å². The Morgan fingerprint density at radius 1 is 0.964 bits per heavy atom. The third-order valence-corrected chi connectivity index (χ3v) is 6.37. The first-order valence-corrected chi connectivity index (χ1v) is 10.6. The first kappa shape index (κ1) is 18.4. The van der Waals surface area contributed by atoms with Crippen molar-refractivity contribution >= 4 is 27.1 Å². The molecule has 1 aliphatic rings. The Kier molecular flexibility index (Phi) is 4.73. The van der Waals surface area contributed by atoms with Crippen molar-refractivity contribution in [3.63, 3.8) is 0 Å². The SMILES string of the molecule is COc1ccc(S(=O)(=O)Nc2ccc(N3c4ccccc4CC3C)cc2)cc1. The molecule has 1 heterocycles. The van der Waals surface area contributed by atoms with Crippen molar-refractivity contribution in [1.29, 1.82) is 0 Å². The van der Waals surface area contributed by atoms with Crippen LogP contribution in [0.2, 0.25) is 0 Å². The van der Waals surface area contributed by atoms with Gasteiger partial charge in [0, 0.05) is 23.1 Å². The van der Waals surface area contributed by atoms with Crippen LogP contribution >= 0.6 is 0 Å². The number of sulfonamides is 1. The molecule has 144 valence electrons. The molecule has 1 unspecified atom stereocenters. The zero-order chi connectivity index (χ0) is 19.7. The molecule has 3 aromatic carbocycles. The molecule has 0 bridgehead atoms. The lowest BCUT2D eigenvalue weighted by Crippen LogP contribution is -2.23. The van der Waals surface area contributed by atoms with E-state index in [-0.39, 0.29) is 4.90 Å². The summed E-state index contributed by atoms with van der Waals surface area (Å²) in [6.45, 7) is 2.19. The summed E-state index contributed by atoms with van der Waals surface area (Å²) in [5.74, 6) is 0.614. The van der Waals surface area contributed by atoms with Gasteiger partial charge in [-0.3, -0.25) is 4.72 Å². The largest absolute Gasteiger partial charge is 0.497 e. The molecule has 0 saturated heterocycles. The lowest BCUT2D eigenvalue weighted by atomic mass is 10.1. The number of rotatable bonds is 5. The Bertz CT molecular complexity index is 1080. The fourth-order valence-electron chi connectivity index (χ4n) is 3.62. The summed E-state index contributed by atoms with van der Waals surface area (Å²) in [5.41, 5.74) is 4.12. The molecule has 0 radical (unpaired) electrons. The molecule has 0 fully saturated rings. The molecule has 6 heteroatoms. The molecule has 28 heavy (non-hydrogen) atoms. The summed E-state index contributed by atoms with van der Waals surface area (Å²) in [5, 5.41) is 0. The summed E-state index contributed by atoms with van der Waals surface area (Å²) in [6.07, 6.45) is 1.00. The van der Waals surface area contributed by atoms with Crippen LogP contribution in [0.15, 0.2) is 77.7 Å². The van der Waals surface area contributed by atoms with Gasteiger partial charge in [-0.25, -0.2) is 8.42 Å². The van der Waals surface area contributed by atoms with Crippen LogP contribution in [0, 0.1) is 0 Å². The van der Waals surface area contributed by atoms with E-state index in [2.05, 4.69) is 34.7 Å². The lowest BCUT2D eigenvalue weighted by Gasteiger charge is -2.25. The maximum Gasteiger partial charge on any atom is 0.261 e. The quantitative estimate of drug-likeness (QED) is 0.688. The van der Waals surface area contributed by atoms with Gasteiger partial charge in [0.25, 0.3) is 10.0 Å². The van der Waals surface area contributed by atoms with Crippen LogP contribution < -0.4 is 14.4 Å². The Morgan fingerprint density at radius 3 is 2.32 bits per heavy atom. The van der Waals surface area contributed by atoms with Crippen LogP contribution in [0.5, 0.6) is 5.75 Å². The van der Waals surface area contributed by atoms with Crippen molar-refractivity contribution in [1.82, 2.24) is 0 Å². The zero-order valence-corrected chi connectivity index (χ0v) is 16.6. The maximum atomic E-state index is 12.6. The van der Waals surface area contributed by atoms with Gasteiger partial charge in [-0.15, -0.1) is 0 Å². The third-order valence-electron chi connectivity index (χ3n) is 4.97. The Hall–Kier alpha value is -2.99. The van der Waals surface area contributed by atoms with Crippen LogP contribution in [0.1, 0.15) is 12.5 Å². The van der Waals surface area contributed by atoms with Crippen LogP contribution in [0.25, 0.3) is 0 Å². The minimum Gasteiger partial charge on any atom is -0.497 e. The number of benzene rings is 3. The number of fused-ring (bicyclic) bond motifs is 1. The highest BCUT2D eigenvalue weighted by Crippen LogP contribution is 2.38. The van der Waals surface area contributed by atoms with Gasteiger partial charge in [-0.2, -0.15) is 0 Å². The maximum absolute atomic E-state index is 12.6. The van der Waals surface area contributed by atoms with E-state index in [4.69, 9.17) is 4.74 Å². The highest BCUT2D eigenvalue weighted by molar-refractivity contribution is 7.92. The number of methoxy groups -OCH3 is 1. The van der Waals surface area contributed by atoms with E-state index >= 15 is 0 Å². The topological polar surface area (TPSA) is 58.6 Å².